The van der Waals surface area contributed by atoms with Crippen LogP contribution in [0.25, 0.3) is 0 Å². The Kier molecular flexibility index (Phi) is 6.29. The van der Waals surface area contributed by atoms with Gasteiger partial charge in [-0.15, -0.1) is 11.3 Å². The molecule has 1 aromatic carbocycles. The Morgan fingerprint density at radius 1 is 1.11 bits per heavy atom. The van der Waals surface area contributed by atoms with Gasteiger partial charge in [-0.2, -0.15) is 0 Å². The summed E-state index contributed by atoms with van der Waals surface area (Å²) in [5.74, 6) is -0.646. The molecule has 1 fully saturated rings. The van der Waals surface area contributed by atoms with Crippen molar-refractivity contribution in [3.8, 4) is 0 Å². The van der Waals surface area contributed by atoms with Crippen LogP contribution in [0.4, 0.5) is 0 Å². The molecule has 0 aliphatic heterocycles. The quantitative estimate of drug-likeness (QED) is 0.564. The molecule has 1 saturated carbocycles. The van der Waals surface area contributed by atoms with Crippen LogP contribution < -0.4 is 5.32 Å². The van der Waals surface area contributed by atoms with Gasteiger partial charge in [-0.25, -0.2) is 0 Å². The number of hydrogen-bond acceptors (Lipinski definition) is 5. The normalized spacial score (nSPS) is 16.4. The van der Waals surface area contributed by atoms with E-state index >= 15 is 0 Å². The Morgan fingerprint density at radius 3 is 2.43 bits per heavy atom. The van der Waals surface area contributed by atoms with E-state index in [2.05, 4.69) is 5.32 Å². The average molecular weight is 400 g/mol. The van der Waals surface area contributed by atoms with Crippen molar-refractivity contribution in [3.63, 3.8) is 0 Å². The van der Waals surface area contributed by atoms with Crippen molar-refractivity contribution >= 4 is 29.0 Å². The van der Waals surface area contributed by atoms with E-state index in [1.807, 2.05) is 36.4 Å². The summed E-state index contributed by atoms with van der Waals surface area (Å²) >= 11 is 1.31. The minimum atomic E-state index is -0.846. The summed E-state index contributed by atoms with van der Waals surface area (Å²) < 4.78 is 5.66. The SMILES string of the molecule is CC(=O)NCc1ccc(C(=O)[C@H](C)OC(=O)C2(c3ccccc3)CCCC2)s1. The number of thiophene rings is 1. The van der Waals surface area contributed by atoms with Gasteiger partial charge in [0.15, 0.2) is 6.10 Å². The van der Waals surface area contributed by atoms with Gasteiger partial charge < -0.3 is 10.1 Å². The number of ether oxygens (including phenoxy) is 1. The maximum absolute atomic E-state index is 13.1. The fourth-order valence-electron chi connectivity index (χ4n) is 3.69. The van der Waals surface area contributed by atoms with Crippen LogP contribution in [-0.4, -0.2) is 23.8 Å². The average Bonchev–Trinajstić information content (AvgIpc) is 3.37. The van der Waals surface area contributed by atoms with E-state index in [9.17, 15) is 14.4 Å². The number of Topliss-reactive ketones (excluding diaryl/α,β-unsaturated/α-hetero) is 1. The summed E-state index contributed by atoms with van der Waals surface area (Å²) in [5.41, 5.74) is 0.313. The van der Waals surface area contributed by atoms with E-state index in [0.717, 1.165) is 36.1 Å². The molecule has 2 aromatic rings. The van der Waals surface area contributed by atoms with E-state index < -0.39 is 11.5 Å². The zero-order valence-electron chi connectivity index (χ0n) is 16.2. The highest BCUT2D eigenvalue weighted by Gasteiger charge is 2.45. The molecular formula is C22H25NO4S. The first kappa shape index (κ1) is 20.3. The predicted octanol–water partition coefficient (Wildman–Crippen LogP) is 4.01. The van der Waals surface area contributed by atoms with Crippen LogP contribution in [0.15, 0.2) is 42.5 Å². The third-order valence-electron chi connectivity index (χ3n) is 5.24. The summed E-state index contributed by atoms with van der Waals surface area (Å²) in [4.78, 5) is 38.3. The lowest BCUT2D eigenvalue weighted by Gasteiger charge is -2.28. The fourth-order valence-corrected chi connectivity index (χ4v) is 4.66. The van der Waals surface area contributed by atoms with Gasteiger partial charge in [-0.3, -0.25) is 14.4 Å². The van der Waals surface area contributed by atoms with E-state index in [1.54, 1.807) is 13.0 Å². The smallest absolute Gasteiger partial charge is 0.317 e. The highest BCUT2D eigenvalue weighted by molar-refractivity contribution is 7.14. The molecule has 1 atom stereocenters. The van der Waals surface area contributed by atoms with Crippen LogP contribution in [0.1, 0.15) is 59.6 Å². The molecule has 3 rings (SSSR count). The predicted molar refractivity (Wildman–Crippen MR) is 108 cm³/mol. The fraction of sp³-hybridized carbons (Fsp3) is 0.409. The molecule has 5 nitrogen and oxygen atoms in total. The van der Waals surface area contributed by atoms with Crippen molar-refractivity contribution in [1.82, 2.24) is 5.32 Å². The molecule has 1 heterocycles. The molecule has 148 valence electrons. The maximum atomic E-state index is 13.1. The number of esters is 1. The lowest BCUT2D eigenvalue weighted by atomic mass is 9.79. The van der Waals surface area contributed by atoms with Crippen LogP contribution >= 0.6 is 11.3 Å². The van der Waals surface area contributed by atoms with Crippen LogP contribution in [-0.2, 0) is 26.3 Å². The monoisotopic (exact) mass is 399 g/mol. The molecule has 1 aliphatic carbocycles. The van der Waals surface area contributed by atoms with Gasteiger partial charge >= 0.3 is 5.97 Å². The first-order valence-corrected chi connectivity index (χ1v) is 10.4. The molecular weight excluding hydrogens is 374 g/mol. The molecule has 1 N–H and O–H groups in total. The zero-order valence-corrected chi connectivity index (χ0v) is 17.0. The zero-order chi connectivity index (χ0) is 20.1. The van der Waals surface area contributed by atoms with Crippen LogP contribution in [0.3, 0.4) is 0 Å². The van der Waals surface area contributed by atoms with Crippen LogP contribution in [0.5, 0.6) is 0 Å². The van der Waals surface area contributed by atoms with E-state index in [1.165, 1.54) is 18.3 Å². The largest absolute Gasteiger partial charge is 0.454 e. The lowest BCUT2D eigenvalue weighted by Crippen LogP contribution is -2.38. The first-order chi connectivity index (χ1) is 13.4. The van der Waals surface area contributed by atoms with Crippen molar-refractivity contribution < 1.29 is 19.1 Å². The topological polar surface area (TPSA) is 72.5 Å². The van der Waals surface area contributed by atoms with Gasteiger partial charge in [0.2, 0.25) is 11.7 Å². The van der Waals surface area contributed by atoms with Crippen molar-refractivity contribution in [2.75, 3.05) is 0 Å². The van der Waals surface area contributed by atoms with E-state index in [0.29, 0.717) is 11.4 Å². The molecule has 0 bridgehead atoms. The number of benzene rings is 1. The maximum Gasteiger partial charge on any atom is 0.317 e. The Morgan fingerprint density at radius 2 is 1.79 bits per heavy atom. The summed E-state index contributed by atoms with van der Waals surface area (Å²) in [6, 6.07) is 13.2. The van der Waals surface area contributed by atoms with E-state index in [4.69, 9.17) is 4.74 Å². The number of amides is 1. The highest BCUT2D eigenvalue weighted by Crippen LogP contribution is 2.42. The molecule has 1 aromatic heterocycles. The minimum Gasteiger partial charge on any atom is -0.454 e. The Labute approximate surface area is 169 Å². The molecule has 0 saturated heterocycles. The van der Waals surface area contributed by atoms with Crippen molar-refractivity contribution in [2.24, 2.45) is 0 Å². The summed E-state index contributed by atoms with van der Waals surface area (Å²) in [6.45, 7) is 3.46. The van der Waals surface area contributed by atoms with Gasteiger partial charge in [0.25, 0.3) is 0 Å². The standard InChI is InChI=1S/C22H25NO4S/c1-15(20(25)19-11-10-18(28-19)14-23-16(2)24)27-21(26)22(12-6-7-13-22)17-8-4-3-5-9-17/h3-5,8-11,15H,6-7,12-14H2,1-2H3,(H,23,24)/t15-/m0/s1. The Balaban J connectivity index is 1.69. The second kappa shape index (κ2) is 8.69. The molecule has 28 heavy (non-hydrogen) atoms. The summed E-state index contributed by atoms with van der Waals surface area (Å²) in [5, 5.41) is 2.71. The van der Waals surface area contributed by atoms with Gasteiger partial charge in [-0.05, 0) is 37.5 Å². The minimum absolute atomic E-state index is 0.119. The molecule has 0 radical (unpaired) electrons. The van der Waals surface area contributed by atoms with Gasteiger partial charge in [0, 0.05) is 11.8 Å². The number of carbonyl (C=O) groups excluding carboxylic acids is 3. The number of hydrogen-bond donors (Lipinski definition) is 1. The molecule has 0 spiro atoms. The van der Waals surface area contributed by atoms with Crippen LogP contribution in [0.2, 0.25) is 0 Å². The third kappa shape index (κ3) is 4.33. The lowest BCUT2D eigenvalue weighted by molar-refractivity contribution is -0.153. The number of carbonyl (C=O) groups is 3. The second-order valence-electron chi connectivity index (χ2n) is 7.24. The number of ketones is 1. The van der Waals surface area contributed by atoms with Crippen molar-refractivity contribution in [1.29, 1.82) is 0 Å². The Hall–Kier alpha value is -2.47. The van der Waals surface area contributed by atoms with Crippen molar-refractivity contribution in [3.05, 3.63) is 57.8 Å². The number of rotatable bonds is 7. The van der Waals surface area contributed by atoms with Gasteiger partial charge in [0.1, 0.15) is 0 Å². The van der Waals surface area contributed by atoms with E-state index in [-0.39, 0.29) is 17.7 Å². The molecule has 6 heteroatoms. The Bertz CT molecular complexity index is 852. The molecule has 1 amide bonds. The molecule has 1 aliphatic rings. The number of nitrogens with one attached hydrogen (secondary N) is 1. The first-order valence-electron chi connectivity index (χ1n) is 9.56. The highest BCUT2D eigenvalue weighted by atomic mass is 32.1. The van der Waals surface area contributed by atoms with Gasteiger partial charge in [-0.1, -0.05) is 43.2 Å². The second-order valence-corrected chi connectivity index (χ2v) is 8.41. The van der Waals surface area contributed by atoms with Crippen molar-refractivity contribution in [2.45, 2.75) is 57.6 Å². The summed E-state index contributed by atoms with van der Waals surface area (Å²) in [6.07, 6.45) is 2.60. The van der Waals surface area contributed by atoms with Crippen LogP contribution in [0, 0.1) is 0 Å². The third-order valence-corrected chi connectivity index (χ3v) is 6.34. The van der Waals surface area contributed by atoms with Gasteiger partial charge in [0.05, 0.1) is 16.8 Å². The molecule has 0 unspecified atom stereocenters. The summed E-state index contributed by atoms with van der Waals surface area (Å²) in [7, 11) is 0.